The molecule has 31 heavy (non-hydrogen) atoms. The molecular formula is C26H24N2O3. The Morgan fingerprint density at radius 1 is 0.903 bits per heavy atom. The third-order valence-corrected chi connectivity index (χ3v) is 4.65. The maximum Gasteiger partial charge on any atom is 0.252 e. The number of carbonyl (C=O) groups excluding carboxylic acids is 3. The maximum absolute atomic E-state index is 13.0. The largest absolute Gasteiger partial charge is 0.342 e. The number of aldehydes is 1. The number of rotatable bonds is 8. The lowest BCUT2D eigenvalue weighted by molar-refractivity contribution is -0.114. The minimum Gasteiger partial charge on any atom is -0.342 e. The molecule has 0 saturated heterocycles. The first-order valence-electron chi connectivity index (χ1n) is 10.00. The van der Waals surface area contributed by atoms with E-state index in [9.17, 15) is 14.4 Å². The van der Waals surface area contributed by atoms with E-state index in [-0.39, 0.29) is 11.8 Å². The van der Waals surface area contributed by atoms with Gasteiger partial charge in [-0.1, -0.05) is 72.8 Å². The van der Waals surface area contributed by atoms with E-state index in [1.165, 1.54) is 6.92 Å². The molecule has 0 aliphatic heterocycles. The normalized spacial score (nSPS) is 11.6. The molecule has 0 aromatic heterocycles. The van der Waals surface area contributed by atoms with E-state index in [0.717, 1.165) is 17.4 Å². The first kappa shape index (κ1) is 21.7. The van der Waals surface area contributed by atoms with Gasteiger partial charge in [-0.05, 0) is 41.3 Å². The Morgan fingerprint density at radius 3 is 2.23 bits per heavy atom. The van der Waals surface area contributed by atoms with Crippen LogP contribution in [0.5, 0.6) is 0 Å². The maximum atomic E-state index is 13.0. The van der Waals surface area contributed by atoms with E-state index >= 15 is 0 Å². The fraction of sp³-hybridized carbons (Fsp3) is 0.115. The summed E-state index contributed by atoms with van der Waals surface area (Å²) in [6.45, 7) is 1.43. The van der Waals surface area contributed by atoms with Crippen LogP contribution < -0.4 is 10.6 Å². The number of hydrogen-bond donors (Lipinski definition) is 2. The smallest absolute Gasteiger partial charge is 0.252 e. The van der Waals surface area contributed by atoms with Crippen LogP contribution in [0.2, 0.25) is 0 Å². The molecule has 1 atom stereocenters. The highest BCUT2D eigenvalue weighted by molar-refractivity contribution is 6.01. The molecule has 2 amide bonds. The summed E-state index contributed by atoms with van der Waals surface area (Å²) in [5.41, 5.74) is 3.59. The van der Waals surface area contributed by atoms with Gasteiger partial charge in [0.1, 0.15) is 6.29 Å². The second kappa shape index (κ2) is 10.7. The van der Waals surface area contributed by atoms with Gasteiger partial charge in [-0.2, -0.15) is 0 Å². The Labute approximate surface area is 181 Å². The lowest BCUT2D eigenvalue weighted by Crippen LogP contribution is -2.37. The monoisotopic (exact) mass is 412 g/mol. The Morgan fingerprint density at radius 2 is 1.58 bits per heavy atom. The molecule has 156 valence electrons. The molecular weight excluding hydrogens is 388 g/mol. The van der Waals surface area contributed by atoms with Crippen LogP contribution >= 0.6 is 0 Å². The van der Waals surface area contributed by atoms with Crippen LogP contribution in [-0.2, 0) is 16.0 Å². The molecule has 0 spiro atoms. The average molecular weight is 412 g/mol. The summed E-state index contributed by atoms with van der Waals surface area (Å²) in [5, 5.41) is 5.54. The molecule has 0 radical (unpaired) electrons. The standard InChI is InChI=1S/C26H24N2O3/c1-19(30)27-23-14-15-25(22(17-23)13-12-20-8-4-2-5-9-20)26(31)28-24(18-29)16-21-10-6-3-7-11-21/h2-15,17-18,24H,16H2,1H3,(H,27,30)(H,28,31)/t24-/m0/s1. The minimum atomic E-state index is -0.643. The molecule has 3 aromatic rings. The van der Waals surface area contributed by atoms with Crippen molar-refractivity contribution in [3.05, 3.63) is 101 Å². The molecule has 0 bridgehead atoms. The molecule has 0 unspecified atom stereocenters. The van der Waals surface area contributed by atoms with Gasteiger partial charge in [0.25, 0.3) is 5.91 Å². The highest BCUT2D eigenvalue weighted by Gasteiger charge is 2.16. The molecule has 0 saturated carbocycles. The van der Waals surface area contributed by atoms with Gasteiger partial charge in [0.2, 0.25) is 5.91 Å². The average Bonchev–Trinajstić information content (AvgIpc) is 2.78. The molecule has 5 heteroatoms. The summed E-state index contributed by atoms with van der Waals surface area (Å²) in [7, 11) is 0. The van der Waals surface area contributed by atoms with Gasteiger partial charge in [0, 0.05) is 18.2 Å². The van der Waals surface area contributed by atoms with Crippen molar-refractivity contribution in [3.8, 4) is 0 Å². The molecule has 2 N–H and O–H groups in total. The minimum absolute atomic E-state index is 0.195. The van der Waals surface area contributed by atoms with E-state index < -0.39 is 6.04 Å². The summed E-state index contributed by atoms with van der Waals surface area (Å²) in [5.74, 6) is -0.547. The molecule has 0 heterocycles. The highest BCUT2D eigenvalue weighted by Crippen LogP contribution is 2.20. The number of nitrogens with one attached hydrogen (secondary N) is 2. The first-order valence-corrected chi connectivity index (χ1v) is 10.00. The quantitative estimate of drug-likeness (QED) is 0.427. The van der Waals surface area contributed by atoms with Crippen LogP contribution in [0.1, 0.15) is 34.0 Å². The van der Waals surface area contributed by atoms with Crippen LogP contribution in [0.3, 0.4) is 0 Å². The van der Waals surface area contributed by atoms with Crippen LogP contribution in [0.25, 0.3) is 12.2 Å². The second-order valence-corrected chi connectivity index (χ2v) is 7.13. The van der Waals surface area contributed by atoms with E-state index in [1.807, 2.05) is 72.8 Å². The molecule has 0 aliphatic rings. The van der Waals surface area contributed by atoms with Gasteiger partial charge < -0.3 is 15.4 Å². The van der Waals surface area contributed by atoms with E-state index in [4.69, 9.17) is 0 Å². The van der Waals surface area contributed by atoms with Crippen molar-refractivity contribution in [1.82, 2.24) is 5.32 Å². The Bertz CT molecular complexity index is 1080. The third-order valence-electron chi connectivity index (χ3n) is 4.65. The number of amides is 2. The van der Waals surface area contributed by atoms with E-state index in [0.29, 0.717) is 23.2 Å². The van der Waals surface area contributed by atoms with Gasteiger partial charge in [-0.15, -0.1) is 0 Å². The second-order valence-electron chi connectivity index (χ2n) is 7.13. The van der Waals surface area contributed by atoms with Gasteiger partial charge in [-0.3, -0.25) is 9.59 Å². The van der Waals surface area contributed by atoms with Crippen molar-refractivity contribution in [1.29, 1.82) is 0 Å². The van der Waals surface area contributed by atoms with Crippen LogP contribution in [-0.4, -0.2) is 24.1 Å². The molecule has 0 aliphatic carbocycles. The molecule has 0 fully saturated rings. The molecule has 3 rings (SSSR count). The summed E-state index contributed by atoms with van der Waals surface area (Å²) in [6.07, 6.45) is 4.87. The Hall–Kier alpha value is -3.99. The topological polar surface area (TPSA) is 75.3 Å². The van der Waals surface area contributed by atoms with E-state index in [1.54, 1.807) is 18.2 Å². The van der Waals surface area contributed by atoms with Crippen molar-refractivity contribution in [2.24, 2.45) is 0 Å². The predicted molar refractivity (Wildman–Crippen MR) is 124 cm³/mol. The van der Waals surface area contributed by atoms with Crippen LogP contribution in [0, 0.1) is 0 Å². The number of benzene rings is 3. The fourth-order valence-corrected chi connectivity index (χ4v) is 3.19. The number of carbonyl (C=O) groups is 3. The number of anilines is 1. The van der Waals surface area contributed by atoms with E-state index in [2.05, 4.69) is 10.6 Å². The van der Waals surface area contributed by atoms with Gasteiger partial charge in [0.15, 0.2) is 0 Å². The lowest BCUT2D eigenvalue weighted by Gasteiger charge is -2.15. The SMILES string of the molecule is CC(=O)Nc1ccc(C(=O)N[C@H](C=O)Cc2ccccc2)c(C=Cc2ccccc2)c1. The van der Waals surface area contributed by atoms with Crippen LogP contribution in [0.4, 0.5) is 5.69 Å². The van der Waals surface area contributed by atoms with Gasteiger partial charge in [-0.25, -0.2) is 0 Å². The predicted octanol–water partition coefficient (Wildman–Crippen LogP) is 4.36. The molecule has 5 nitrogen and oxygen atoms in total. The van der Waals surface area contributed by atoms with Crippen molar-refractivity contribution in [2.75, 3.05) is 5.32 Å². The lowest BCUT2D eigenvalue weighted by atomic mass is 10.0. The Balaban J connectivity index is 1.85. The summed E-state index contributed by atoms with van der Waals surface area (Å²) >= 11 is 0. The summed E-state index contributed by atoms with van der Waals surface area (Å²) in [4.78, 5) is 36.0. The van der Waals surface area contributed by atoms with Crippen molar-refractivity contribution >= 4 is 35.9 Å². The van der Waals surface area contributed by atoms with Gasteiger partial charge >= 0.3 is 0 Å². The Kier molecular flexibility index (Phi) is 7.49. The zero-order valence-electron chi connectivity index (χ0n) is 17.2. The zero-order chi connectivity index (χ0) is 22.1. The number of hydrogen-bond acceptors (Lipinski definition) is 3. The van der Waals surface area contributed by atoms with Gasteiger partial charge in [0.05, 0.1) is 6.04 Å². The van der Waals surface area contributed by atoms with Crippen molar-refractivity contribution < 1.29 is 14.4 Å². The first-order chi connectivity index (χ1) is 15.0. The van der Waals surface area contributed by atoms with Crippen molar-refractivity contribution in [3.63, 3.8) is 0 Å². The zero-order valence-corrected chi connectivity index (χ0v) is 17.2. The van der Waals surface area contributed by atoms with Crippen molar-refractivity contribution in [2.45, 2.75) is 19.4 Å². The highest BCUT2D eigenvalue weighted by atomic mass is 16.2. The third kappa shape index (κ3) is 6.51. The summed E-state index contributed by atoms with van der Waals surface area (Å²) < 4.78 is 0. The van der Waals surface area contributed by atoms with Crippen LogP contribution in [0.15, 0.2) is 78.9 Å². The summed E-state index contributed by atoms with van der Waals surface area (Å²) in [6, 6.07) is 23.6. The molecule has 3 aromatic carbocycles. The fourth-order valence-electron chi connectivity index (χ4n) is 3.19.